The minimum absolute atomic E-state index is 0.0194. The molecule has 0 aliphatic carbocycles. The minimum atomic E-state index is -0.112. The molecular formula is C19H23N3O2S. The van der Waals surface area contributed by atoms with Crippen LogP contribution in [0, 0.1) is 0 Å². The van der Waals surface area contributed by atoms with Crippen LogP contribution in [0.15, 0.2) is 48.7 Å². The molecule has 1 heterocycles. The summed E-state index contributed by atoms with van der Waals surface area (Å²) in [5.41, 5.74) is 2.72. The van der Waals surface area contributed by atoms with E-state index in [0.717, 1.165) is 28.5 Å². The smallest absolute Gasteiger partial charge is 0.221 e. The third-order valence-corrected chi connectivity index (χ3v) is 4.53. The average molecular weight is 357 g/mol. The molecule has 1 atom stereocenters. The third-order valence-electron chi connectivity index (χ3n) is 3.53. The predicted octanol–water partition coefficient (Wildman–Crippen LogP) is 3.54. The number of nitrogens with zero attached hydrogens (tertiary/aromatic N) is 1. The van der Waals surface area contributed by atoms with E-state index in [0.29, 0.717) is 6.42 Å². The van der Waals surface area contributed by atoms with Crippen molar-refractivity contribution >= 4 is 29.3 Å². The van der Waals surface area contributed by atoms with E-state index in [-0.39, 0.29) is 17.9 Å². The number of thioether (sulfide) groups is 1. The standard InChI is InChI=1S/C19H23N3O2S/c1-14(16-6-5-8-17(12-16)22-15(2)23)21-19(24)9-11-25-13-18-7-3-4-10-20-18/h3-8,10,12,14H,9,11,13H2,1-2H3,(H,21,24)(H,22,23)/t14-/m1/s1. The van der Waals surface area contributed by atoms with Gasteiger partial charge in [0.05, 0.1) is 11.7 Å². The van der Waals surface area contributed by atoms with E-state index in [1.807, 2.05) is 49.4 Å². The molecule has 2 N–H and O–H groups in total. The number of carbonyl (C=O) groups is 2. The van der Waals surface area contributed by atoms with Crippen molar-refractivity contribution in [1.29, 1.82) is 0 Å². The number of amides is 2. The highest BCUT2D eigenvalue weighted by Gasteiger charge is 2.10. The first-order chi connectivity index (χ1) is 12.0. The second-order valence-electron chi connectivity index (χ2n) is 5.72. The highest BCUT2D eigenvalue weighted by Crippen LogP contribution is 2.18. The van der Waals surface area contributed by atoms with Crippen molar-refractivity contribution in [2.45, 2.75) is 32.1 Å². The van der Waals surface area contributed by atoms with Crippen molar-refractivity contribution in [3.05, 3.63) is 59.9 Å². The summed E-state index contributed by atoms with van der Waals surface area (Å²) in [5, 5.41) is 5.74. The van der Waals surface area contributed by atoms with E-state index in [2.05, 4.69) is 15.6 Å². The lowest BCUT2D eigenvalue weighted by molar-refractivity contribution is -0.121. The Bertz CT molecular complexity index is 707. The first kappa shape index (κ1) is 19.0. The third kappa shape index (κ3) is 6.97. The summed E-state index contributed by atoms with van der Waals surface area (Å²) in [6.07, 6.45) is 2.24. The SMILES string of the molecule is CC(=O)Nc1cccc([C@@H](C)NC(=O)CCSCc2ccccn2)c1. The van der Waals surface area contributed by atoms with E-state index in [9.17, 15) is 9.59 Å². The summed E-state index contributed by atoms with van der Waals surface area (Å²) in [7, 11) is 0. The van der Waals surface area contributed by atoms with Crippen LogP contribution < -0.4 is 10.6 Å². The largest absolute Gasteiger partial charge is 0.350 e. The summed E-state index contributed by atoms with van der Waals surface area (Å²) in [6.45, 7) is 3.41. The highest BCUT2D eigenvalue weighted by atomic mass is 32.2. The Morgan fingerprint density at radius 1 is 1.20 bits per heavy atom. The summed E-state index contributed by atoms with van der Waals surface area (Å²) in [6, 6.07) is 13.2. The molecule has 0 fully saturated rings. The minimum Gasteiger partial charge on any atom is -0.350 e. The fraction of sp³-hybridized carbons (Fsp3) is 0.316. The van der Waals surface area contributed by atoms with E-state index >= 15 is 0 Å². The highest BCUT2D eigenvalue weighted by molar-refractivity contribution is 7.98. The Kier molecular flexibility index (Phi) is 7.47. The van der Waals surface area contributed by atoms with Gasteiger partial charge in [0.1, 0.15) is 0 Å². The fourth-order valence-electron chi connectivity index (χ4n) is 2.31. The molecule has 0 unspecified atom stereocenters. The molecule has 2 aromatic rings. The number of nitrogens with one attached hydrogen (secondary N) is 2. The number of benzene rings is 1. The van der Waals surface area contributed by atoms with Gasteiger partial charge < -0.3 is 10.6 Å². The predicted molar refractivity (Wildman–Crippen MR) is 102 cm³/mol. The second kappa shape index (κ2) is 9.84. The molecule has 0 spiro atoms. The van der Waals surface area contributed by atoms with Crippen molar-refractivity contribution in [2.75, 3.05) is 11.1 Å². The van der Waals surface area contributed by atoms with Gasteiger partial charge in [-0.1, -0.05) is 18.2 Å². The zero-order valence-electron chi connectivity index (χ0n) is 14.5. The Morgan fingerprint density at radius 3 is 2.76 bits per heavy atom. The van der Waals surface area contributed by atoms with Gasteiger partial charge in [0.15, 0.2) is 0 Å². The Labute approximate surface area is 152 Å². The molecular weight excluding hydrogens is 334 g/mol. The maximum absolute atomic E-state index is 12.1. The molecule has 0 radical (unpaired) electrons. The van der Waals surface area contributed by atoms with Crippen LogP contribution in [0.2, 0.25) is 0 Å². The van der Waals surface area contributed by atoms with Crippen LogP contribution in [0.25, 0.3) is 0 Å². The molecule has 0 saturated heterocycles. The molecule has 0 bridgehead atoms. The van der Waals surface area contributed by atoms with Gasteiger partial charge in [0, 0.05) is 36.7 Å². The maximum Gasteiger partial charge on any atom is 0.221 e. The molecule has 6 heteroatoms. The monoisotopic (exact) mass is 357 g/mol. The van der Waals surface area contributed by atoms with Gasteiger partial charge in [0.2, 0.25) is 11.8 Å². The van der Waals surface area contributed by atoms with E-state index in [1.54, 1.807) is 18.0 Å². The molecule has 0 aliphatic rings. The molecule has 2 rings (SSSR count). The van der Waals surface area contributed by atoms with Gasteiger partial charge in [-0.05, 0) is 36.8 Å². The van der Waals surface area contributed by atoms with Gasteiger partial charge >= 0.3 is 0 Å². The molecule has 25 heavy (non-hydrogen) atoms. The Balaban J connectivity index is 1.75. The zero-order chi connectivity index (χ0) is 18.1. The topological polar surface area (TPSA) is 71.1 Å². The van der Waals surface area contributed by atoms with Gasteiger partial charge in [-0.25, -0.2) is 0 Å². The number of hydrogen-bond donors (Lipinski definition) is 2. The molecule has 0 saturated carbocycles. The summed E-state index contributed by atoms with van der Waals surface area (Å²) in [5.74, 6) is 1.47. The van der Waals surface area contributed by atoms with Crippen molar-refractivity contribution in [2.24, 2.45) is 0 Å². The number of rotatable bonds is 8. The lowest BCUT2D eigenvalue weighted by atomic mass is 10.1. The summed E-state index contributed by atoms with van der Waals surface area (Å²) in [4.78, 5) is 27.5. The van der Waals surface area contributed by atoms with Crippen LogP contribution >= 0.6 is 11.8 Å². The maximum atomic E-state index is 12.1. The molecule has 5 nitrogen and oxygen atoms in total. The fourth-order valence-corrected chi connectivity index (χ4v) is 3.17. The molecule has 1 aromatic carbocycles. The van der Waals surface area contributed by atoms with E-state index < -0.39 is 0 Å². The van der Waals surface area contributed by atoms with Gasteiger partial charge in [-0.2, -0.15) is 11.8 Å². The van der Waals surface area contributed by atoms with E-state index in [4.69, 9.17) is 0 Å². The van der Waals surface area contributed by atoms with Crippen LogP contribution in [-0.4, -0.2) is 22.6 Å². The van der Waals surface area contributed by atoms with Gasteiger partial charge in [-0.3, -0.25) is 14.6 Å². The van der Waals surface area contributed by atoms with Gasteiger partial charge in [0.25, 0.3) is 0 Å². The number of anilines is 1. The summed E-state index contributed by atoms with van der Waals surface area (Å²) < 4.78 is 0. The lowest BCUT2D eigenvalue weighted by Gasteiger charge is -2.15. The van der Waals surface area contributed by atoms with Crippen molar-refractivity contribution in [3.8, 4) is 0 Å². The van der Waals surface area contributed by atoms with Crippen LogP contribution in [0.4, 0.5) is 5.69 Å². The Hall–Kier alpha value is -2.34. The summed E-state index contributed by atoms with van der Waals surface area (Å²) >= 11 is 1.70. The quantitative estimate of drug-likeness (QED) is 0.709. The average Bonchev–Trinajstić information content (AvgIpc) is 2.59. The lowest BCUT2D eigenvalue weighted by Crippen LogP contribution is -2.26. The van der Waals surface area contributed by atoms with Crippen LogP contribution in [-0.2, 0) is 15.3 Å². The van der Waals surface area contributed by atoms with Crippen molar-refractivity contribution in [1.82, 2.24) is 10.3 Å². The molecule has 1 aromatic heterocycles. The van der Waals surface area contributed by atoms with Crippen LogP contribution in [0.1, 0.15) is 37.6 Å². The molecule has 132 valence electrons. The van der Waals surface area contributed by atoms with E-state index in [1.165, 1.54) is 6.92 Å². The molecule has 2 amide bonds. The van der Waals surface area contributed by atoms with Gasteiger partial charge in [-0.15, -0.1) is 0 Å². The zero-order valence-corrected chi connectivity index (χ0v) is 15.3. The van der Waals surface area contributed by atoms with Crippen molar-refractivity contribution in [3.63, 3.8) is 0 Å². The van der Waals surface area contributed by atoms with Crippen LogP contribution in [0.3, 0.4) is 0 Å². The number of hydrogen-bond acceptors (Lipinski definition) is 4. The number of carbonyl (C=O) groups excluding carboxylic acids is 2. The first-order valence-corrected chi connectivity index (χ1v) is 9.34. The van der Waals surface area contributed by atoms with Crippen molar-refractivity contribution < 1.29 is 9.59 Å². The molecule has 0 aliphatic heterocycles. The van der Waals surface area contributed by atoms with Crippen LogP contribution in [0.5, 0.6) is 0 Å². The number of pyridine rings is 1. The normalized spacial score (nSPS) is 11.6. The first-order valence-electron chi connectivity index (χ1n) is 8.19. The Morgan fingerprint density at radius 2 is 2.04 bits per heavy atom. The second-order valence-corrected chi connectivity index (χ2v) is 6.82. The number of aromatic nitrogens is 1.